The van der Waals surface area contributed by atoms with Crippen molar-refractivity contribution < 1.29 is 13.9 Å². The van der Waals surface area contributed by atoms with Crippen LogP contribution in [0.15, 0.2) is 36.7 Å². The van der Waals surface area contributed by atoms with Gasteiger partial charge in [-0.3, -0.25) is 4.79 Å². The number of amides is 1. The predicted octanol–water partition coefficient (Wildman–Crippen LogP) is 2.42. The minimum absolute atomic E-state index is 0.000135. The number of nitrogens with zero attached hydrogens (tertiary/aromatic N) is 2. The summed E-state index contributed by atoms with van der Waals surface area (Å²) in [6.07, 6.45) is 5.85. The van der Waals surface area contributed by atoms with Gasteiger partial charge in [-0.25, -0.2) is 9.37 Å². The van der Waals surface area contributed by atoms with Crippen LogP contribution >= 0.6 is 0 Å². The number of nitrogens with one attached hydrogen (secondary N) is 2. The lowest BCUT2D eigenvalue weighted by molar-refractivity contribution is -0.0448. The molecule has 1 spiro atoms. The maximum Gasteiger partial charge on any atom is 0.270 e. The van der Waals surface area contributed by atoms with E-state index in [-0.39, 0.29) is 29.2 Å². The summed E-state index contributed by atoms with van der Waals surface area (Å²) in [5, 5.41) is 3.13. The highest BCUT2D eigenvalue weighted by atomic mass is 19.1. The van der Waals surface area contributed by atoms with Crippen molar-refractivity contribution in [2.45, 2.75) is 30.9 Å². The van der Waals surface area contributed by atoms with Crippen LogP contribution < -0.4 is 5.32 Å². The summed E-state index contributed by atoms with van der Waals surface area (Å²) < 4.78 is 19.9. The Morgan fingerprint density at radius 3 is 3.16 bits per heavy atom. The first-order chi connectivity index (χ1) is 12.2. The Labute approximate surface area is 145 Å². The van der Waals surface area contributed by atoms with Crippen LogP contribution in [0.3, 0.4) is 0 Å². The number of piperidine rings is 1. The summed E-state index contributed by atoms with van der Waals surface area (Å²) in [6, 6.07) is 6.55. The molecule has 2 saturated heterocycles. The summed E-state index contributed by atoms with van der Waals surface area (Å²) in [5.74, 6) is -0.112. The number of hydrogen-bond donors (Lipinski definition) is 2. The van der Waals surface area contributed by atoms with Gasteiger partial charge >= 0.3 is 0 Å². The zero-order valence-electron chi connectivity index (χ0n) is 13.9. The molecule has 2 aliphatic rings. The smallest absolute Gasteiger partial charge is 0.270 e. The third-order valence-corrected chi connectivity index (χ3v) is 4.96. The molecule has 25 heavy (non-hydrogen) atoms. The van der Waals surface area contributed by atoms with Gasteiger partial charge in [0.2, 0.25) is 0 Å². The topological polar surface area (TPSA) is 70.2 Å². The number of hydrogen-bond acceptors (Lipinski definition) is 4. The van der Waals surface area contributed by atoms with Crippen LogP contribution in [0.25, 0.3) is 0 Å². The Bertz CT molecular complexity index is 751. The first-order valence-electron chi connectivity index (χ1n) is 8.59. The number of aromatic nitrogens is 2. The lowest BCUT2D eigenvalue weighted by Crippen LogP contribution is -2.50. The molecule has 1 amide bonds. The molecule has 0 bridgehead atoms. The molecule has 2 aromatic heterocycles. The molecule has 7 heteroatoms. The van der Waals surface area contributed by atoms with E-state index in [0.717, 1.165) is 25.8 Å². The van der Waals surface area contributed by atoms with Crippen molar-refractivity contribution in [1.29, 1.82) is 0 Å². The molecule has 6 nitrogen and oxygen atoms in total. The van der Waals surface area contributed by atoms with Gasteiger partial charge in [-0.05, 0) is 37.1 Å². The van der Waals surface area contributed by atoms with Crippen molar-refractivity contribution in [3.63, 3.8) is 0 Å². The van der Waals surface area contributed by atoms with Crippen molar-refractivity contribution in [3.8, 4) is 0 Å². The minimum Gasteiger partial charge on any atom is -0.371 e. The highest BCUT2D eigenvalue weighted by Crippen LogP contribution is 2.36. The van der Waals surface area contributed by atoms with Crippen molar-refractivity contribution in [3.05, 3.63) is 48.2 Å². The van der Waals surface area contributed by atoms with Gasteiger partial charge in [0.15, 0.2) is 11.6 Å². The van der Waals surface area contributed by atoms with Crippen molar-refractivity contribution in [1.82, 2.24) is 14.9 Å². The van der Waals surface area contributed by atoms with Gasteiger partial charge in [-0.15, -0.1) is 0 Å². The molecule has 0 saturated carbocycles. The van der Waals surface area contributed by atoms with E-state index in [1.165, 1.54) is 6.07 Å². The molecule has 4 heterocycles. The summed E-state index contributed by atoms with van der Waals surface area (Å²) in [4.78, 5) is 21.4. The van der Waals surface area contributed by atoms with Crippen LogP contribution in [-0.4, -0.2) is 52.1 Å². The number of likely N-dealkylation sites (tertiary alicyclic amines) is 1. The van der Waals surface area contributed by atoms with E-state index < -0.39 is 0 Å². The Hall–Kier alpha value is -2.41. The van der Waals surface area contributed by atoms with Gasteiger partial charge < -0.3 is 19.9 Å². The predicted molar refractivity (Wildman–Crippen MR) is 90.8 cm³/mol. The summed E-state index contributed by atoms with van der Waals surface area (Å²) in [6.45, 7) is 1.78. The molecule has 132 valence electrons. The van der Waals surface area contributed by atoms with E-state index in [1.54, 1.807) is 24.5 Å². The molecular formula is C18H21FN4O2. The second-order valence-electron chi connectivity index (χ2n) is 6.79. The van der Waals surface area contributed by atoms with E-state index >= 15 is 0 Å². The second-order valence-corrected chi connectivity index (χ2v) is 6.79. The monoisotopic (exact) mass is 344 g/mol. The highest BCUT2D eigenvalue weighted by Gasteiger charge is 2.44. The van der Waals surface area contributed by atoms with Crippen LogP contribution in [0.1, 0.15) is 29.8 Å². The molecule has 2 fully saturated rings. The number of carbonyl (C=O) groups excluding carboxylic acids is 1. The molecule has 2 N–H and O–H groups in total. The van der Waals surface area contributed by atoms with E-state index in [9.17, 15) is 9.18 Å². The number of rotatable bonds is 3. The van der Waals surface area contributed by atoms with E-state index in [2.05, 4.69) is 15.3 Å². The SMILES string of the molecule is O=C(c1ccc[nH]1)N1CCC[C@@]2(C[C@H](Nc3ncccc3F)CO2)C1. The van der Waals surface area contributed by atoms with Gasteiger partial charge in [0.05, 0.1) is 24.8 Å². The average Bonchev–Trinajstić information content (AvgIpc) is 3.27. The standard InChI is InChI=1S/C18H21FN4O2/c19-14-4-1-8-21-16(14)22-13-10-18(25-11-13)6-3-9-23(12-18)17(24)15-5-2-7-20-15/h1-2,4-5,7-8,13,20H,3,6,9-12H2,(H,21,22)/t13-,18+/m0/s1. The average molecular weight is 344 g/mol. The Balaban J connectivity index is 1.42. The number of carbonyl (C=O) groups is 1. The molecule has 0 aliphatic carbocycles. The van der Waals surface area contributed by atoms with E-state index in [4.69, 9.17) is 4.74 Å². The summed E-state index contributed by atoms with van der Waals surface area (Å²) >= 11 is 0. The van der Waals surface area contributed by atoms with E-state index in [0.29, 0.717) is 18.8 Å². The molecule has 2 aromatic rings. The zero-order valence-corrected chi connectivity index (χ0v) is 13.9. The fourth-order valence-corrected chi connectivity index (χ4v) is 3.81. The van der Waals surface area contributed by atoms with Crippen LogP contribution in [0.4, 0.5) is 10.2 Å². The van der Waals surface area contributed by atoms with Gasteiger partial charge in [-0.2, -0.15) is 0 Å². The number of ether oxygens (including phenoxy) is 1. The quantitative estimate of drug-likeness (QED) is 0.897. The van der Waals surface area contributed by atoms with Crippen molar-refractivity contribution in [2.75, 3.05) is 25.0 Å². The van der Waals surface area contributed by atoms with Crippen LogP contribution in [0.2, 0.25) is 0 Å². The van der Waals surface area contributed by atoms with Crippen molar-refractivity contribution >= 4 is 11.7 Å². The minimum atomic E-state index is -0.365. The van der Waals surface area contributed by atoms with E-state index in [1.807, 2.05) is 11.0 Å². The third-order valence-electron chi connectivity index (χ3n) is 4.96. The Morgan fingerprint density at radius 2 is 2.36 bits per heavy atom. The summed E-state index contributed by atoms with van der Waals surface area (Å²) in [5.41, 5.74) is 0.240. The largest absolute Gasteiger partial charge is 0.371 e. The second kappa shape index (κ2) is 6.48. The van der Waals surface area contributed by atoms with Gasteiger partial charge in [-0.1, -0.05) is 0 Å². The normalized spacial score (nSPS) is 26.1. The fourth-order valence-electron chi connectivity index (χ4n) is 3.81. The molecule has 4 rings (SSSR count). The number of aromatic amines is 1. The fraction of sp³-hybridized carbons (Fsp3) is 0.444. The molecule has 2 aliphatic heterocycles. The van der Waals surface area contributed by atoms with Crippen LogP contribution in [-0.2, 0) is 4.74 Å². The lowest BCUT2D eigenvalue weighted by atomic mass is 9.88. The molecular weight excluding hydrogens is 323 g/mol. The van der Waals surface area contributed by atoms with Crippen LogP contribution in [0, 0.1) is 5.82 Å². The first-order valence-corrected chi connectivity index (χ1v) is 8.59. The molecule has 0 unspecified atom stereocenters. The third kappa shape index (κ3) is 3.24. The zero-order chi connectivity index (χ0) is 17.3. The van der Waals surface area contributed by atoms with Gasteiger partial charge in [0.25, 0.3) is 5.91 Å². The Morgan fingerprint density at radius 1 is 1.44 bits per heavy atom. The number of anilines is 1. The number of pyridine rings is 1. The number of halogens is 1. The van der Waals surface area contributed by atoms with Crippen molar-refractivity contribution in [2.24, 2.45) is 0 Å². The lowest BCUT2D eigenvalue weighted by Gasteiger charge is -2.39. The number of H-pyrrole nitrogens is 1. The maximum absolute atomic E-state index is 13.8. The van der Waals surface area contributed by atoms with Gasteiger partial charge in [0, 0.05) is 25.4 Å². The molecule has 0 aromatic carbocycles. The van der Waals surface area contributed by atoms with Crippen LogP contribution in [0.5, 0.6) is 0 Å². The summed E-state index contributed by atoms with van der Waals surface area (Å²) in [7, 11) is 0. The Kier molecular flexibility index (Phi) is 4.17. The molecule has 0 radical (unpaired) electrons. The van der Waals surface area contributed by atoms with Gasteiger partial charge in [0.1, 0.15) is 5.69 Å². The first kappa shape index (κ1) is 16.1. The maximum atomic E-state index is 13.8. The highest BCUT2D eigenvalue weighted by molar-refractivity contribution is 5.92. The molecule has 2 atom stereocenters.